The van der Waals surface area contributed by atoms with Gasteiger partial charge in [0.25, 0.3) is 11.6 Å². The van der Waals surface area contributed by atoms with Gasteiger partial charge in [0, 0.05) is 11.3 Å². The van der Waals surface area contributed by atoms with Gasteiger partial charge in [-0.1, -0.05) is 34.1 Å². The molecule has 4 rings (SSSR count). The highest BCUT2D eigenvalue weighted by atomic mass is 16.5. The molecule has 0 aliphatic heterocycles. The zero-order chi connectivity index (χ0) is 19.8. The number of hydrogen-bond donors (Lipinski definition) is 1. The number of aromatic nitrogens is 4. The number of rotatable bonds is 4. The molecule has 28 heavy (non-hydrogen) atoms. The van der Waals surface area contributed by atoms with Crippen molar-refractivity contribution >= 4 is 17.0 Å². The van der Waals surface area contributed by atoms with Gasteiger partial charge in [-0.05, 0) is 39.8 Å². The third-order valence-electron chi connectivity index (χ3n) is 4.43. The molecule has 3 aromatic heterocycles. The van der Waals surface area contributed by atoms with Gasteiger partial charge in [0.1, 0.15) is 6.04 Å². The van der Waals surface area contributed by atoms with Gasteiger partial charge in [0.2, 0.25) is 11.7 Å². The summed E-state index contributed by atoms with van der Waals surface area (Å²) in [4.78, 5) is 21.6. The molecule has 1 aromatic carbocycles. The number of aryl methyl sites for hydroxylation is 3. The van der Waals surface area contributed by atoms with E-state index in [0.29, 0.717) is 39.8 Å². The smallest absolute Gasteiger partial charge is 0.258 e. The molecule has 0 saturated heterocycles. The first-order chi connectivity index (χ1) is 13.4. The minimum atomic E-state index is -0.470. The Morgan fingerprint density at radius 3 is 2.68 bits per heavy atom. The van der Waals surface area contributed by atoms with Crippen LogP contribution in [0.5, 0.6) is 0 Å². The molecule has 0 unspecified atom stereocenters. The summed E-state index contributed by atoms with van der Waals surface area (Å²) in [5.74, 6) is 0.523. The fraction of sp³-hybridized carbons (Fsp3) is 0.250. The summed E-state index contributed by atoms with van der Waals surface area (Å²) in [6.07, 6.45) is 0. The molecule has 0 fully saturated rings. The van der Waals surface area contributed by atoms with Crippen molar-refractivity contribution in [1.82, 2.24) is 25.6 Å². The highest BCUT2D eigenvalue weighted by molar-refractivity contribution is 6.06. The fourth-order valence-electron chi connectivity index (χ4n) is 3.05. The van der Waals surface area contributed by atoms with Crippen LogP contribution in [0.4, 0.5) is 0 Å². The Kier molecular flexibility index (Phi) is 4.38. The largest absolute Gasteiger partial charge is 0.340 e. The van der Waals surface area contributed by atoms with Crippen molar-refractivity contribution in [2.75, 3.05) is 0 Å². The second kappa shape index (κ2) is 6.88. The zero-order valence-electron chi connectivity index (χ0n) is 16.0. The Labute approximate surface area is 160 Å². The number of fused-ring (bicyclic) bond motifs is 1. The maximum absolute atomic E-state index is 12.9. The molecule has 3 heterocycles. The maximum Gasteiger partial charge on any atom is 0.258 e. The van der Waals surface area contributed by atoms with E-state index in [0.717, 1.165) is 11.1 Å². The average Bonchev–Trinajstić information content (AvgIpc) is 3.28. The first-order valence-corrected chi connectivity index (χ1v) is 8.87. The van der Waals surface area contributed by atoms with E-state index in [4.69, 9.17) is 9.05 Å². The number of carbonyl (C=O) groups excluding carboxylic acids is 1. The third kappa shape index (κ3) is 3.24. The van der Waals surface area contributed by atoms with Gasteiger partial charge in [-0.3, -0.25) is 4.79 Å². The SMILES string of the molecule is Cc1cccc(-c2noc([C@H](C)NC(=O)c3cc(C)nc4onc(C)c34)n2)c1. The second-order valence-electron chi connectivity index (χ2n) is 6.78. The van der Waals surface area contributed by atoms with Crippen molar-refractivity contribution in [1.29, 1.82) is 0 Å². The second-order valence-corrected chi connectivity index (χ2v) is 6.78. The van der Waals surface area contributed by atoms with E-state index in [1.165, 1.54) is 0 Å². The normalized spacial score (nSPS) is 12.3. The zero-order valence-corrected chi connectivity index (χ0v) is 16.0. The van der Waals surface area contributed by atoms with Gasteiger partial charge in [0.15, 0.2) is 0 Å². The van der Waals surface area contributed by atoms with Gasteiger partial charge >= 0.3 is 0 Å². The molecule has 0 aliphatic rings. The number of nitrogens with one attached hydrogen (secondary N) is 1. The molecule has 0 radical (unpaired) electrons. The molecule has 0 spiro atoms. The van der Waals surface area contributed by atoms with Crippen LogP contribution in [-0.2, 0) is 0 Å². The van der Waals surface area contributed by atoms with Crippen LogP contribution in [0.25, 0.3) is 22.5 Å². The average molecular weight is 377 g/mol. The summed E-state index contributed by atoms with van der Waals surface area (Å²) in [7, 11) is 0. The Morgan fingerprint density at radius 1 is 1.07 bits per heavy atom. The Hall–Kier alpha value is -3.55. The molecule has 1 N–H and O–H groups in total. The van der Waals surface area contributed by atoms with E-state index < -0.39 is 6.04 Å². The number of amides is 1. The van der Waals surface area contributed by atoms with Gasteiger partial charge in [-0.2, -0.15) is 4.98 Å². The highest BCUT2D eigenvalue weighted by Crippen LogP contribution is 2.23. The summed E-state index contributed by atoms with van der Waals surface area (Å²) in [6, 6.07) is 9.06. The van der Waals surface area contributed by atoms with Gasteiger partial charge < -0.3 is 14.4 Å². The molecule has 1 atom stereocenters. The molecule has 8 heteroatoms. The molecule has 0 bridgehead atoms. The maximum atomic E-state index is 12.9. The van der Waals surface area contributed by atoms with Crippen molar-refractivity contribution in [3.05, 3.63) is 58.7 Å². The first kappa shape index (κ1) is 17.8. The van der Waals surface area contributed by atoms with E-state index in [9.17, 15) is 4.79 Å². The molecule has 0 aliphatic carbocycles. The molecule has 4 aromatic rings. The lowest BCUT2D eigenvalue weighted by Gasteiger charge is -2.10. The van der Waals surface area contributed by atoms with Gasteiger partial charge in [-0.15, -0.1) is 0 Å². The third-order valence-corrected chi connectivity index (χ3v) is 4.43. The van der Waals surface area contributed by atoms with Crippen molar-refractivity contribution in [3.63, 3.8) is 0 Å². The van der Waals surface area contributed by atoms with Crippen LogP contribution >= 0.6 is 0 Å². The van der Waals surface area contributed by atoms with Crippen molar-refractivity contribution in [3.8, 4) is 11.4 Å². The number of benzene rings is 1. The van der Waals surface area contributed by atoms with E-state index in [1.54, 1.807) is 26.8 Å². The standard InChI is InChI=1S/C20H19N5O3/c1-10-6-5-7-14(8-10)17-23-19(27-25-17)13(4)22-18(26)15-9-11(2)21-20-16(15)12(3)24-28-20/h5-9,13H,1-4H3,(H,22,26)/t13-/m0/s1. The van der Waals surface area contributed by atoms with Crippen LogP contribution in [-0.4, -0.2) is 26.2 Å². The van der Waals surface area contributed by atoms with E-state index in [-0.39, 0.29) is 5.91 Å². The number of pyridine rings is 1. The summed E-state index contributed by atoms with van der Waals surface area (Å²) < 4.78 is 10.5. The minimum Gasteiger partial charge on any atom is -0.340 e. The number of carbonyl (C=O) groups is 1. The van der Waals surface area contributed by atoms with Crippen LogP contribution in [0.1, 0.15) is 46.2 Å². The quantitative estimate of drug-likeness (QED) is 0.578. The van der Waals surface area contributed by atoms with Crippen molar-refractivity contribution in [2.24, 2.45) is 0 Å². The lowest BCUT2D eigenvalue weighted by Crippen LogP contribution is -2.27. The number of hydrogen-bond acceptors (Lipinski definition) is 7. The molecular formula is C20H19N5O3. The first-order valence-electron chi connectivity index (χ1n) is 8.87. The molecule has 1 amide bonds. The predicted molar refractivity (Wildman–Crippen MR) is 102 cm³/mol. The minimum absolute atomic E-state index is 0.287. The van der Waals surface area contributed by atoms with Crippen LogP contribution < -0.4 is 5.32 Å². The van der Waals surface area contributed by atoms with E-state index in [2.05, 4.69) is 25.6 Å². The van der Waals surface area contributed by atoms with Gasteiger partial charge in [0.05, 0.1) is 16.6 Å². The van der Waals surface area contributed by atoms with Crippen molar-refractivity contribution in [2.45, 2.75) is 33.7 Å². The van der Waals surface area contributed by atoms with E-state index >= 15 is 0 Å². The topological polar surface area (TPSA) is 107 Å². The van der Waals surface area contributed by atoms with Crippen molar-refractivity contribution < 1.29 is 13.8 Å². The summed E-state index contributed by atoms with van der Waals surface area (Å²) in [5.41, 5.74) is 4.04. The summed E-state index contributed by atoms with van der Waals surface area (Å²) >= 11 is 0. The monoisotopic (exact) mass is 377 g/mol. The Balaban J connectivity index is 1.58. The molecule has 8 nitrogen and oxygen atoms in total. The molecular weight excluding hydrogens is 358 g/mol. The fourth-order valence-corrected chi connectivity index (χ4v) is 3.05. The van der Waals surface area contributed by atoms with Crippen LogP contribution in [0, 0.1) is 20.8 Å². The van der Waals surface area contributed by atoms with E-state index in [1.807, 2.05) is 31.2 Å². The lowest BCUT2D eigenvalue weighted by molar-refractivity contribution is 0.0934. The Bertz CT molecular complexity index is 1180. The van der Waals surface area contributed by atoms with Crippen LogP contribution in [0.3, 0.4) is 0 Å². The molecule has 142 valence electrons. The van der Waals surface area contributed by atoms with Crippen LogP contribution in [0.2, 0.25) is 0 Å². The van der Waals surface area contributed by atoms with Gasteiger partial charge in [-0.25, -0.2) is 4.98 Å². The highest BCUT2D eigenvalue weighted by Gasteiger charge is 2.22. The summed E-state index contributed by atoms with van der Waals surface area (Å²) in [6.45, 7) is 7.35. The van der Waals surface area contributed by atoms with Crippen LogP contribution in [0.15, 0.2) is 39.4 Å². The predicted octanol–water partition coefficient (Wildman–Crippen LogP) is 3.69. The lowest BCUT2D eigenvalue weighted by atomic mass is 10.1. The number of nitrogens with zero attached hydrogens (tertiary/aromatic N) is 4. The molecule has 0 saturated carbocycles. The Morgan fingerprint density at radius 2 is 1.89 bits per heavy atom. The summed E-state index contributed by atoms with van der Waals surface area (Å²) in [5, 5.41) is 11.4.